The van der Waals surface area contributed by atoms with Crippen LogP contribution in [-0.2, 0) is 9.59 Å². The van der Waals surface area contributed by atoms with Crippen molar-refractivity contribution in [3.8, 4) is 0 Å². The molecule has 1 aromatic rings. The van der Waals surface area contributed by atoms with E-state index in [9.17, 15) is 9.59 Å². The summed E-state index contributed by atoms with van der Waals surface area (Å²) in [6.45, 7) is 5.54. The highest BCUT2D eigenvalue weighted by atomic mass is 79.9. The highest BCUT2D eigenvalue weighted by Crippen LogP contribution is 2.33. The van der Waals surface area contributed by atoms with Gasteiger partial charge in [0, 0.05) is 10.2 Å². The van der Waals surface area contributed by atoms with Crippen LogP contribution < -0.4 is 10.2 Å². The number of halogens is 2. The molecule has 0 bridgehead atoms. The maximum atomic E-state index is 12.9. The Balaban J connectivity index is 2.51. The van der Waals surface area contributed by atoms with E-state index in [2.05, 4.69) is 21.2 Å². The van der Waals surface area contributed by atoms with Crippen LogP contribution in [0.5, 0.6) is 0 Å². The number of hydrogen-bond acceptors (Lipinski definition) is 2. The second-order valence-electron chi connectivity index (χ2n) is 5.37. The third-order valence-electron chi connectivity index (χ3n) is 3.98. The highest BCUT2D eigenvalue weighted by molar-refractivity contribution is 9.10. The summed E-state index contributed by atoms with van der Waals surface area (Å²) in [6.07, 6.45) is 1.09. The van der Waals surface area contributed by atoms with E-state index in [1.54, 1.807) is 30.0 Å². The molecule has 6 heteroatoms. The van der Waals surface area contributed by atoms with Crippen LogP contribution in [0.1, 0.15) is 33.6 Å². The molecule has 0 aliphatic carbocycles. The summed E-state index contributed by atoms with van der Waals surface area (Å²) >= 11 is 9.37. The third kappa shape index (κ3) is 2.81. The smallest absolute Gasteiger partial charge is 0.253 e. The van der Waals surface area contributed by atoms with Crippen LogP contribution >= 0.6 is 27.5 Å². The first-order chi connectivity index (χ1) is 9.84. The lowest BCUT2D eigenvalue weighted by molar-refractivity contribution is -0.138. The van der Waals surface area contributed by atoms with Gasteiger partial charge in [-0.1, -0.05) is 25.4 Å². The van der Waals surface area contributed by atoms with E-state index in [0.29, 0.717) is 28.0 Å². The molecule has 0 aromatic heterocycles. The molecule has 1 aliphatic rings. The minimum Gasteiger partial charge on any atom is -0.340 e. The van der Waals surface area contributed by atoms with E-state index < -0.39 is 11.6 Å². The Morgan fingerprint density at radius 3 is 2.57 bits per heavy atom. The second-order valence-corrected chi connectivity index (χ2v) is 6.63. The Hall–Kier alpha value is -1.07. The Labute approximate surface area is 138 Å². The van der Waals surface area contributed by atoms with Crippen molar-refractivity contribution in [1.29, 1.82) is 0 Å². The van der Waals surface area contributed by atoms with Crippen LogP contribution in [0, 0.1) is 0 Å². The second kappa shape index (κ2) is 5.97. The van der Waals surface area contributed by atoms with E-state index in [1.807, 2.05) is 13.8 Å². The van der Waals surface area contributed by atoms with Crippen molar-refractivity contribution in [1.82, 2.24) is 5.32 Å². The number of hydrogen-bond donors (Lipinski definition) is 1. The zero-order chi connectivity index (χ0) is 15.8. The first kappa shape index (κ1) is 16.3. The van der Waals surface area contributed by atoms with Gasteiger partial charge in [0.05, 0.1) is 5.02 Å². The van der Waals surface area contributed by atoms with Crippen LogP contribution in [0.3, 0.4) is 0 Å². The van der Waals surface area contributed by atoms with Gasteiger partial charge in [0.25, 0.3) is 5.91 Å². The third-order valence-corrected chi connectivity index (χ3v) is 5.19. The van der Waals surface area contributed by atoms with Gasteiger partial charge in [0.15, 0.2) is 0 Å². The van der Waals surface area contributed by atoms with Crippen LogP contribution in [0.25, 0.3) is 0 Å². The van der Waals surface area contributed by atoms with Crippen molar-refractivity contribution in [3.63, 3.8) is 0 Å². The Morgan fingerprint density at radius 2 is 2.05 bits per heavy atom. The normalized spacial score (nSPS) is 26.0. The Bertz CT molecular complexity index is 593. The SMILES string of the molecule is CCC1C(=O)NC(C)(CC)C(=O)N1c1ccc(Cl)c(Br)c1. The summed E-state index contributed by atoms with van der Waals surface area (Å²) in [5.41, 5.74) is -0.188. The monoisotopic (exact) mass is 372 g/mol. The lowest BCUT2D eigenvalue weighted by Gasteiger charge is -2.44. The molecular weight excluding hydrogens is 356 g/mol. The first-order valence-electron chi connectivity index (χ1n) is 6.94. The fourth-order valence-corrected chi connectivity index (χ4v) is 2.96. The van der Waals surface area contributed by atoms with Crippen LogP contribution in [0.15, 0.2) is 22.7 Å². The molecule has 114 valence electrons. The number of carbonyl (C=O) groups excluding carboxylic acids is 2. The van der Waals surface area contributed by atoms with Gasteiger partial charge >= 0.3 is 0 Å². The largest absolute Gasteiger partial charge is 0.340 e. The molecule has 4 nitrogen and oxygen atoms in total. The fraction of sp³-hybridized carbons (Fsp3) is 0.467. The standard InChI is InChI=1S/C15H18BrClN2O2/c1-4-12-13(20)18-15(3,5-2)14(21)19(12)9-6-7-11(17)10(16)8-9/h6-8,12H,4-5H2,1-3H3,(H,18,20). The van der Waals surface area contributed by atoms with E-state index in [1.165, 1.54) is 0 Å². The van der Waals surface area contributed by atoms with Crippen LogP contribution in [-0.4, -0.2) is 23.4 Å². The molecule has 1 fully saturated rings. The van der Waals surface area contributed by atoms with Gasteiger partial charge in [-0.15, -0.1) is 0 Å². The number of anilines is 1. The molecule has 1 saturated heterocycles. The summed E-state index contributed by atoms with van der Waals surface area (Å²) in [6, 6.07) is 4.77. The number of nitrogens with zero attached hydrogens (tertiary/aromatic N) is 1. The van der Waals surface area contributed by atoms with Crippen molar-refractivity contribution in [2.75, 3.05) is 4.90 Å². The van der Waals surface area contributed by atoms with E-state index in [0.717, 1.165) is 0 Å². The summed E-state index contributed by atoms with van der Waals surface area (Å²) in [5.74, 6) is -0.210. The molecule has 2 rings (SSSR count). The van der Waals surface area contributed by atoms with Gasteiger partial charge in [-0.05, 0) is 53.9 Å². The Morgan fingerprint density at radius 1 is 1.38 bits per heavy atom. The molecule has 2 atom stereocenters. The molecule has 1 heterocycles. The Kier molecular flexibility index (Phi) is 4.63. The van der Waals surface area contributed by atoms with Crippen molar-refractivity contribution < 1.29 is 9.59 Å². The number of rotatable bonds is 3. The fourth-order valence-electron chi connectivity index (χ4n) is 2.47. The lowest BCUT2D eigenvalue weighted by Crippen LogP contribution is -2.69. The average Bonchev–Trinajstić information content (AvgIpc) is 2.45. The predicted octanol–water partition coefficient (Wildman–Crippen LogP) is 3.51. The molecule has 1 aromatic carbocycles. The van der Waals surface area contributed by atoms with Crippen molar-refractivity contribution in [3.05, 3.63) is 27.7 Å². The van der Waals surface area contributed by atoms with E-state index in [-0.39, 0.29) is 11.8 Å². The first-order valence-corrected chi connectivity index (χ1v) is 8.12. The summed E-state index contributed by atoms with van der Waals surface area (Å²) in [4.78, 5) is 26.8. The molecule has 1 aliphatic heterocycles. The van der Waals surface area contributed by atoms with Gasteiger partial charge in [-0.25, -0.2) is 0 Å². The topological polar surface area (TPSA) is 49.4 Å². The van der Waals surface area contributed by atoms with Crippen LogP contribution in [0.2, 0.25) is 5.02 Å². The molecular formula is C15H18BrClN2O2. The predicted molar refractivity (Wildman–Crippen MR) is 87.6 cm³/mol. The van der Waals surface area contributed by atoms with Gasteiger partial charge in [0.1, 0.15) is 11.6 Å². The molecule has 2 amide bonds. The molecule has 21 heavy (non-hydrogen) atoms. The van der Waals surface area contributed by atoms with E-state index >= 15 is 0 Å². The van der Waals surface area contributed by atoms with Crippen molar-refractivity contribution >= 4 is 45.0 Å². The molecule has 2 unspecified atom stereocenters. The number of piperazine rings is 1. The minimum atomic E-state index is -0.866. The zero-order valence-electron chi connectivity index (χ0n) is 12.2. The molecule has 1 N–H and O–H groups in total. The zero-order valence-corrected chi connectivity index (χ0v) is 14.6. The van der Waals surface area contributed by atoms with Crippen molar-refractivity contribution in [2.24, 2.45) is 0 Å². The molecule has 0 radical (unpaired) electrons. The van der Waals surface area contributed by atoms with Gasteiger partial charge < -0.3 is 5.32 Å². The maximum absolute atomic E-state index is 12.9. The van der Waals surface area contributed by atoms with Crippen molar-refractivity contribution in [2.45, 2.75) is 45.2 Å². The van der Waals surface area contributed by atoms with Crippen LogP contribution in [0.4, 0.5) is 5.69 Å². The van der Waals surface area contributed by atoms with Gasteiger partial charge in [-0.3, -0.25) is 14.5 Å². The highest BCUT2D eigenvalue weighted by Gasteiger charge is 2.47. The van der Waals surface area contributed by atoms with Gasteiger partial charge in [0.2, 0.25) is 5.91 Å². The number of carbonyl (C=O) groups is 2. The number of benzene rings is 1. The summed E-state index contributed by atoms with van der Waals surface area (Å²) in [7, 11) is 0. The number of nitrogens with one attached hydrogen (secondary N) is 1. The van der Waals surface area contributed by atoms with E-state index in [4.69, 9.17) is 11.6 Å². The molecule has 0 saturated carbocycles. The summed E-state index contributed by atoms with van der Waals surface area (Å²) in [5, 5.41) is 3.42. The average molecular weight is 374 g/mol. The maximum Gasteiger partial charge on any atom is 0.253 e. The number of amides is 2. The minimum absolute atomic E-state index is 0.0920. The molecule has 0 spiro atoms. The van der Waals surface area contributed by atoms with Gasteiger partial charge in [-0.2, -0.15) is 0 Å². The quantitative estimate of drug-likeness (QED) is 0.881. The summed E-state index contributed by atoms with van der Waals surface area (Å²) < 4.78 is 0.702. The lowest BCUT2D eigenvalue weighted by atomic mass is 9.90.